The van der Waals surface area contributed by atoms with Crippen molar-refractivity contribution < 1.29 is 13.2 Å². The zero-order valence-electron chi connectivity index (χ0n) is 13.0. The number of amides is 1. The summed E-state index contributed by atoms with van der Waals surface area (Å²) in [5.74, 6) is -0.334. The van der Waals surface area contributed by atoms with E-state index in [2.05, 4.69) is 10.6 Å². The Balaban J connectivity index is 2.08. The topological polar surface area (TPSA) is 101 Å². The maximum Gasteiger partial charge on any atom is 0.243 e. The number of nitrogens with one attached hydrogen (secondary N) is 2. The average molecular weight is 368 g/mol. The molecular weight excluding hydrogens is 350 g/mol. The van der Waals surface area contributed by atoms with Gasteiger partial charge in [-0.2, -0.15) is 0 Å². The first-order valence-corrected chi connectivity index (χ1v) is 9.17. The summed E-state index contributed by atoms with van der Waals surface area (Å²) in [4.78, 5) is 12.0. The molecule has 0 aliphatic heterocycles. The number of hydrogen-bond donors (Lipinski definition) is 3. The lowest BCUT2D eigenvalue weighted by Gasteiger charge is -2.11. The fraction of sp³-hybridized carbons (Fsp3) is 0.188. The van der Waals surface area contributed by atoms with Gasteiger partial charge in [-0.15, -0.1) is 0 Å². The highest BCUT2D eigenvalue weighted by molar-refractivity contribution is 7.89. The quantitative estimate of drug-likeness (QED) is 0.730. The highest BCUT2D eigenvalue weighted by atomic mass is 35.5. The van der Waals surface area contributed by atoms with Crippen LogP contribution < -0.4 is 15.8 Å². The molecule has 0 aliphatic carbocycles. The van der Waals surface area contributed by atoms with Gasteiger partial charge in [0.25, 0.3) is 0 Å². The van der Waals surface area contributed by atoms with Crippen molar-refractivity contribution in [2.45, 2.75) is 18.2 Å². The summed E-state index contributed by atoms with van der Waals surface area (Å²) in [5.41, 5.74) is 1.60. The second kappa shape index (κ2) is 7.65. The van der Waals surface area contributed by atoms with Crippen LogP contribution in [0.1, 0.15) is 12.5 Å². The Morgan fingerprint density at radius 1 is 1.21 bits per heavy atom. The van der Waals surface area contributed by atoms with Gasteiger partial charge < -0.3 is 10.6 Å². The molecule has 1 amide bonds. The number of sulfonamides is 1. The molecule has 0 heterocycles. The molecule has 0 aromatic heterocycles. The molecule has 0 aliphatic rings. The highest BCUT2D eigenvalue weighted by Gasteiger charge is 2.14. The molecule has 128 valence electrons. The first-order chi connectivity index (χ1) is 11.3. The van der Waals surface area contributed by atoms with Crippen LogP contribution in [-0.4, -0.2) is 20.9 Å². The average Bonchev–Trinajstić information content (AvgIpc) is 2.53. The van der Waals surface area contributed by atoms with Gasteiger partial charge in [-0.3, -0.25) is 4.79 Å². The molecule has 0 unspecified atom stereocenters. The number of hydrogen-bond acceptors (Lipinski definition) is 4. The fourth-order valence-electron chi connectivity index (χ4n) is 2.17. The van der Waals surface area contributed by atoms with Crippen LogP contribution in [0.15, 0.2) is 47.4 Å². The second-order valence-corrected chi connectivity index (χ2v) is 7.04. The summed E-state index contributed by atoms with van der Waals surface area (Å²) in [6.07, 6.45) is 0.522. The number of benzene rings is 2. The maximum atomic E-state index is 12.0. The highest BCUT2D eigenvalue weighted by Crippen LogP contribution is 2.21. The van der Waals surface area contributed by atoms with Crippen molar-refractivity contribution >= 4 is 38.9 Å². The molecule has 0 atom stereocenters. The molecule has 4 N–H and O–H groups in total. The monoisotopic (exact) mass is 367 g/mol. The first-order valence-electron chi connectivity index (χ1n) is 7.25. The van der Waals surface area contributed by atoms with Gasteiger partial charge in [0.05, 0.1) is 22.2 Å². The number of para-hydroxylation sites is 1. The third kappa shape index (κ3) is 4.70. The Labute approximate surface area is 146 Å². The van der Waals surface area contributed by atoms with E-state index in [1.165, 1.54) is 6.07 Å². The van der Waals surface area contributed by atoms with Crippen molar-refractivity contribution in [3.8, 4) is 0 Å². The second-order valence-electron chi connectivity index (χ2n) is 5.10. The summed E-state index contributed by atoms with van der Waals surface area (Å²) in [6.45, 7) is 1.82. The van der Waals surface area contributed by atoms with Crippen LogP contribution in [0.4, 0.5) is 11.4 Å². The van der Waals surface area contributed by atoms with Gasteiger partial charge in [0.15, 0.2) is 0 Å². The number of nitrogens with two attached hydrogens (primary N) is 1. The lowest BCUT2D eigenvalue weighted by atomic mass is 10.1. The van der Waals surface area contributed by atoms with Crippen LogP contribution in [0, 0.1) is 0 Å². The Morgan fingerprint density at radius 2 is 1.92 bits per heavy atom. The Morgan fingerprint density at radius 3 is 2.54 bits per heavy atom. The summed E-state index contributed by atoms with van der Waals surface area (Å²) in [5, 5.41) is 11.3. The number of rotatable bonds is 6. The number of halogens is 1. The SMILES string of the molecule is CCc1ccc(NC(=O)CNc2ccccc2Cl)cc1S(N)(=O)=O. The van der Waals surface area contributed by atoms with Gasteiger partial charge >= 0.3 is 0 Å². The predicted octanol–water partition coefficient (Wildman–Crippen LogP) is 2.60. The minimum absolute atomic E-state index is 0.00995. The molecule has 24 heavy (non-hydrogen) atoms. The normalized spacial score (nSPS) is 11.1. The van der Waals surface area contributed by atoms with Crippen LogP contribution >= 0.6 is 11.6 Å². The van der Waals surface area contributed by atoms with E-state index < -0.39 is 10.0 Å². The number of anilines is 2. The Kier molecular flexibility index (Phi) is 5.82. The van der Waals surface area contributed by atoms with E-state index in [4.69, 9.17) is 16.7 Å². The molecule has 0 saturated carbocycles. The van der Waals surface area contributed by atoms with E-state index in [1.807, 2.05) is 6.92 Å². The Hall–Kier alpha value is -2.09. The van der Waals surface area contributed by atoms with E-state index in [9.17, 15) is 13.2 Å². The van der Waals surface area contributed by atoms with Gasteiger partial charge in [0, 0.05) is 5.69 Å². The van der Waals surface area contributed by atoms with Crippen LogP contribution in [0.2, 0.25) is 5.02 Å². The Bertz CT molecular complexity index is 853. The van der Waals surface area contributed by atoms with Crippen LogP contribution in [0.5, 0.6) is 0 Å². The van der Waals surface area contributed by atoms with E-state index in [1.54, 1.807) is 36.4 Å². The van der Waals surface area contributed by atoms with Crippen LogP contribution in [-0.2, 0) is 21.2 Å². The molecule has 0 bridgehead atoms. The molecule has 2 rings (SSSR count). The van der Waals surface area contributed by atoms with Gasteiger partial charge in [0.1, 0.15) is 0 Å². The third-order valence-electron chi connectivity index (χ3n) is 3.35. The van der Waals surface area contributed by atoms with Crippen molar-refractivity contribution in [2.24, 2.45) is 5.14 Å². The minimum Gasteiger partial charge on any atom is -0.375 e. The van der Waals surface area contributed by atoms with Crippen molar-refractivity contribution in [2.75, 3.05) is 17.2 Å². The maximum absolute atomic E-state index is 12.0. The van der Waals surface area contributed by atoms with Gasteiger partial charge in [0.2, 0.25) is 15.9 Å². The van der Waals surface area contributed by atoms with Gasteiger partial charge in [-0.05, 0) is 36.2 Å². The third-order valence-corrected chi connectivity index (χ3v) is 4.67. The molecule has 8 heteroatoms. The number of primary sulfonamides is 1. The van der Waals surface area contributed by atoms with Crippen molar-refractivity contribution in [3.63, 3.8) is 0 Å². The van der Waals surface area contributed by atoms with E-state index in [0.29, 0.717) is 28.4 Å². The lowest BCUT2D eigenvalue weighted by molar-refractivity contribution is -0.114. The van der Waals surface area contributed by atoms with E-state index in [0.717, 1.165) is 0 Å². The zero-order chi connectivity index (χ0) is 17.7. The van der Waals surface area contributed by atoms with E-state index in [-0.39, 0.29) is 17.3 Å². The van der Waals surface area contributed by atoms with Crippen molar-refractivity contribution in [1.82, 2.24) is 0 Å². The molecule has 2 aromatic rings. The van der Waals surface area contributed by atoms with Crippen molar-refractivity contribution in [1.29, 1.82) is 0 Å². The predicted molar refractivity (Wildman–Crippen MR) is 95.8 cm³/mol. The molecular formula is C16H18ClN3O3S. The smallest absolute Gasteiger partial charge is 0.243 e. The van der Waals surface area contributed by atoms with E-state index >= 15 is 0 Å². The number of carbonyl (C=O) groups is 1. The largest absolute Gasteiger partial charge is 0.375 e. The van der Waals surface area contributed by atoms with Gasteiger partial charge in [-0.25, -0.2) is 13.6 Å². The van der Waals surface area contributed by atoms with Gasteiger partial charge in [-0.1, -0.05) is 36.7 Å². The standard InChI is InChI=1S/C16H18ClN3O3S/c1-2-11-7-8-12(9-15(11)24(18,22)23)20-16(21)10-19-14-6-4-3-5-13(14)17/h3-9,19H,2,10H2,1H3,(H,20,21)(H2,18,22,23). The number of carbonyl (C=O) groups excluding carboxylic acids is 1. The molecule has 0 spiro atoms. The molecule has 0 fully saturated rings. The molecule has 2 aromatic carbocycles. The van der Waals surface area contributed by atoms with Crippen molar-refractivity contribution in [3.05, 3.63) is 53.1 Å². The fourth-order valence-corrected chi connectivity index (χ4v) is 3.25. The summed E-state index contributed by atoms with van der Waals surface area (Å²) in [6, 6.07) is 11.7. The summed E-state index contributed by atoms with van der Waals surface area (Å²) in [7, 11) is -3.85. The summed E-state index contributed by atoms with van der Waals surface area (Å²) < 4.78 is 23.3. The molecule has 0 radical (unpaired) electrons. The minimum atomic E-state index is -3.85. The molecule has 0 saturated heterocycles. The summed E-state index contributed by atoms with van der Waals surface area (Å²) >= 11 is 6.00. The van der Waals surface area contributed by atoms with Crippen LogP contribution in [0.3, 0.4) is 0 Å². The zero-order valence-corrected chi connectivity index (χ0v) is 14.6. The number of aryl methyl sites for hydroxylation is 1. The first kappa shape index (κ1) is 18.3. The van der Waals surface area contributed by atoms with Crippen LogP contribution in [0.25, 0.3) is 0 Å². The lowest BCUT2D eigenvalue weighted by Crippen LogP contribution is -2.22. The molecule has 6 nitrogen and oxygen atoms in total.